The van der Waals surface area contributed by atoms with E-state index in [2.05, 4.69) is 0 Å². The van der Waals surface area contributed by atoms with Gasteiger partial charge >= 0.3 is 0 Å². The molecule has 1 saturated heterocycles. The van der Waals surface area contributed by atoms with Crippen LogP contribution < -0.4 is 9.64 Å². The van der Waals surface area contributed by atoms with Gasteiger partial charge in [0.25, 0.3) is 11.7 Å². The maximum Gasteiger partial charge on any atom is 0.300 e. The molecule has 1 amide bonds. The lowest BCUT2D eigenvalue weighted by molar-refractivity contribution is -0.132. The quantitative estimate of drug-likeness (QED) is 0.298. The van der Waals surface area contributed by atoms with Crippen LogP contribution in [0.15, 0.2) is 72.3 Å². The van der Waals surface area contributed by atoms with Crippen molar-refractivity contribution >= 4 is 46.3 Å². The fourth-order valence-corrected chi connectivity index (χ4v) is 4.08. The number of benzene rings is 3. The number of methoxy groups -OCH3 is 1. The molecule has 1 N–H and O–H groups in total. The van der Waals surface area contributed by atoms with Crippen molar-refractivity contribution < 1.29 is 23.8 Å². The fraction of sp³-hybridized carbons (Fsp3) is 0.0833. The number of ketones is 1. The zero-order valence-electron chi connectivity index (χ0n) is 16.7. The zero-order valence-corrected chi connectivity index (χ0v) is 18.2. The van der Waals surface area contributed by atoms with E-state index in [9.17, 15) is 19.1 Å². The van der Waals surface area contributed by atoms with E-state index >= 15 is 0 Å². The van der Waals surface area contributed by atoms with Gasteiger partial charge in [-0.1, -0.05) is 53.5 Å². The van der Waals surface area contributed by atoms with E-state index in [-0.39, 0.29) is 21.8 Å². The molecule has 32 heavy (non-hydrogen) atoms. The zero-order chi connectivity index (χ0) is 23.0. The SMILES string of the molecule is COc1ccccc1C1/C(=C(\O)c2cccc(Cl)c2)C(=O)C(=O)N1c1ccc(F)c(Cl)c1. The first-order valence-electron chi connectivity index (χ1n) is 9.48. The van der Waals surface area contributed by atoms with Crippen molar-refractivity contribution in [3.8, 4) is 5.75 Å². The van der Waals surface area contributed by atoms with Gasteiger partial charge in [0.2, 0.25) is 0 Å². The molecule has 1 fully saturated rings. The summed E-state index contributed by atoms with van der Waals surface area (Å²) >= 11 is 12.0. The first-order chi connectivity index (χ1) is 15.3. The maximum absolute atomic E-state index is 13.8. The van der Waals surface area contributed by atoms with Crippen molar-refractivity contribution in [2.45, 2.75) is 6.04 Å². The Balaban J connectivity index is 2.00. The Hall–Kier alpha value is -3.35. The molecule has 1 aliphatic rings. The number of Topliss-reactive ketones (excluding diaryl/α,β-unsaturated/α-hetero) is 1. The number of para-hydroxylation sites is 1. The lowest BCUT2D eigenvalue weighted by atomic mass is 9.94. The molecule has 1 unspecified atom stereocenters. The molecule has 5 nitrogen and oxygen atoms in total. The van der Waals surface area contributed by atoms with Gasteiger partial charge in [0.15, 0.2) is 0 Å². The standard InChI is InChI=1S/C24H16Cl2FNO4/c1-32-19-8-3-2-7-16(19)21-20(22(29)13-5-4-6-14(25)11-13)23(30)24(31)28(21)15-9-10-18(27)17(26)12-15/h2-12,21,29H,1H3/b22-20+. The number of hydrogen-bond donors (Lipinski definition) is 1. The summed E-state index contributed by atoms with van der Waals surface area (Å²) in [7, 11) is 1.46. The molecule has 0 saturated carbocycles. The van der Waals surface area contributed by atoms with Crippen LogP contribution in [-0.4, -0.2) is 23.9 Å². The number of aliphatic hydroxyl groups is 1. The topological polar surface area (TPSA) is 66.8 Å². The second-order valence-electron chi connectivity index (χ2n) is 7.02. The van der Waals surface area contributed by atoms with Crippen molar-refractivity contribution in [2.24, 2.45) is 0 Å². The van der Waals surface area contributed by atoms with Crippen LogP contribution in [0.3, 0.4) is 0 Å². The average Bonchev–Trinajstić information content (AvgIpc) is 3.05. The van der Waals surface area contributed by atoms with Crippen LogP contribution in [-0.2, 0) is 9.59 Å². The number of carbonyl (C=O) groups is 2. The Kier molecular flexibility index (Phi) is 5.91. The van der Waals surface area contributed by atoms with Gasteiger partial charge in [0.05, 0.1) is 23.7 Å². The third-order valence-corrected chi connectivity index (χ3v) is 5.68. The second kappa shape index (κ2) is 8.65. The number of carbonyl (C=O) groups excluding carboxylic acids is 2. The Labute approximate surface area is 193 Å². The van der Waals surface area contributed by atoms with Crippen LogP contribution in [0.25, 0.3) is 5.76 Å². The minimum atomic E-state index is -1.05. The monoisotopic (exact) mass is 471 g/mol. The number of aliphatic hydroxyl groups excluding tert-OH is 1. The van der Waals surface area contributed by atoms with E-state index in [0.29, 0.717) is 16.3 Å². The molecule has 1 aliphatic heterocycles. The van der Waals surface area contributed by atoms with E-state index in [4.69, 9.17) is 27.9 Å². The maximum atomic E-state index is 13.8. The summed E-state index contributed by atoms with van der Waals surface area (Å²) in [6.45, 7) is 0. The minimum Gasteiger partial charge on any atom is -0.507 e. The Bertz CT molecular complexity index is 1270. The van der Waals surface area contributed by atoms with Crippen molar-refractivity contribution in [2.75, 3.05) is 12.0 Å². The number of anilines is 1. The first kappa shape index (κ1) is 21.9. The van der Waals surface area contributed by atoms with E-state index in [1.54, 1.807) is 42.5 Å². The van der Waals surface area contributed by atoms with Crippen molar-refractivity contribution in [1.29, 1.82) is 0 Å². The number of rotatable bonds is 4. The number of nitrogens with zero attached hydrogens (tertiary/aromatic N) is 1. The molecular formula is C24H16Cl2FNO4. The summed E-state index contributed by atoms with van der Waals surface area (Å²) in [5.41, 5.74) is 0.771. The Morgan fingerprint density at radius 1 is 1.03 bits per heavy atom. The number of halogens is 3. The van der Waals surface area contributed by atoms with Crippen LogP contribution in [0.1, 0.15) is 17.2 Å². The predicted molar refractivity (Wildman–Crippen MR) is 121 cm³/mol. The van der Waals surface area contributed by atoms with Gasteiger partial charge in [0.1, 0.15) is 17.3 Å². The highest BCUT2D eigenvalue weighted by molar-refractivity contribution is 6.52. The molecule has 0 aliphatic carbocycles. The third kappa shape index (κ3) is 3.72. The highest BCUT2D eigenvalue weighted by Crippen LogP contribution is 2.45. The Morgan fingerprint density at radius 2 is 1.78 bits per heavy atom. The summed E-state index contributed by atoms with van der Waals surface area (Å²) < 4.78 is 19.2. The normalized spacial score (nSPS) is 17.6. The number of ether oxygens (including phenoxy) is 1. The van der Waals surface area contributed by atoms with Gasteiger partial charge in [-0.3, -0.25) is 14.5 Å². The molecule has 162 valence electrons. The smallest absolute Gasteiger partial charge is 0.300 e. The van der Waals surface area contributed by atoms with E-state index < -0.39 is 29.3 Å². The highest BCUT2D eigenvalue weighted by Gasteiger charge is 2.48. The summed E-state index contributed by atoms with van der Waals surface area (Å²) in [6.07, 6.45) is 0. The lowest BCUT2D eigenvalue weighted by Crippen LogP contribution is -2.29. The van der Waals surface area contributed by atoms with Crippen molar-refractivity contribution in [1.82, 2.24) is 0 Å². The van der Waals surface area contributed by atoms with Gasteiger partial charge in [-0.15, -0.1) is 0 Å². The molecule has 4 rings (SSSR count). The summed E-state index contributed by atoms with van der Waals surface area (Å²) in [5.74, 6) is -2.46. The molecule has 8 heteroatoms. The van der Waals surface area contributed by atoms with E-state index in [1.165, 1.54) is 30.2 Å². The van der Waals surface area contributed by atoms with E-state index in [0.717, 1.165) is 6.07 Å². The molecular weight excluding hydrogens is 456 g/mol. The average molecular weight is 472 g/mol. The largest absolute Gasteiger partial charge is 0.507 e. The Morgan fingerprint density at radius 3 is 2.47 bits per heavy atom. The third-order valence-electron chi connectivity index (χ3n) is 5.16. The molecule has 3 aromatic carbocycles. The number of amides is 1. The summed E-state index contributed by atoms with van der Waals surface area (Å²) in [4.78, 5) is 27.4. The molecule has 0 bridgehead atoms. The summed E-state index contributed by atoms with van der Waals surface area (Å²) in [6, 6.07) is 15.7. The first-order valence-corrected chi connectivity index (χ1v) is 10.2. The van der Waals surface area contributed by atoms with E-state index in [1.807, 2.05) is 0 Å². The minimum absolute atomic E-state index is 0.151. The van der Waals surface area contributed by atoms with Gasteiger partial charge in [-0.2, -0.15) is 0 Å². The molecule has 0 radical (unpaired) electrons. The van der Waals surface area contributed by atoms with Crippen LogP contribution in [0.5, 0.6) is 5.75 Å². The molecule has 0 aromatic heterocycles. The van der Waals surface area contributed by atoms with Crippen LogP contribution in [0, 0.1) is 5.82 Å². The van der Waals surface area contributed by atoms with Gasteiger partial charge in [-0.25, -0.2) is 4.39 Å². The van der Waals surface area contributed by atoms with Crippen molar-refractivity contribution in [3.63, 3.8) is 0 Å². The van der Waals surface area contributed by atoms with Crippen molar-refractivity contribution in [3.05, 3.63) is 99.3 Å². The van der Waals surface area contributed by atoms with Crippen LogP contribution in [0.2, 0.25) is 10.0 Å². The highest BCUT2D eigenvalue weighted by atomic mass is 35.5. The van der Waals surface area contributed by atoms with Crippen LogP contribution >= 0.6 is 23.2 Å². The molecule has 0 spiro atoms. The van der Waals surface area contributed by atoms with Gasteiger partial charge in [-0.05, 0) is 36.4 Å². The summed E-state index contributed by atoms with van der Waals surface area (Å²) in [5, 5.41) is 11.2. The fourth-order valence-electron chi connectivity index (χ4n) is 3.71. The van der Waals surface area contributed by atoms with Crippen LogP contribution in [0.4, 0.5) is 10.1 Å². The lowest BCUT2D eigenvalue weighted by Gasteiger charge is -2.26. The van der Waals surface area contributed by atoms with Gasteiger partial charge in [0, 0.05) is 21.8 Å². The molecule has 3 aromatic rings. The van der Waals surface area contributed by atoms with Gasteiger partial charge < -0.3 is 9.84 Å². The molecule has 1 heterocycles. The predicted octanol–water partition coefficient (Wildman–Crippen LogP) is 5.77. The second-order valence-corrected chi connectivity index (χ2v) is 7.86. The number of hydrogen-bond acceptors (Lipinski definition) is 4. The molecule has 1 atom stereocenters.